The minimum absolute atomic E-state index is 0.183. The first kappa shape index (κ1) is 10.7. The highest BCUT2D eigenvalue weighted by Gasteiger charge is 2.28. The summed E-state index contributed by atoms with van der Waals surface area (Å²) in [5.41, 5.74) is 2.90. The second-order valence-corrected chi connectivity index (χ2v) is 4.69. The van der Waals surface area contributed by atoms with Crippen molar-refractivity contribution in [3.63, 3.8) is 0 Å². The van der Waals surface area contributed by atoms with Gasteiger partial charge in [0, 0.05) is 0 Å². The first-order chi connectivity index (χ1) is 7.31. The first-order valence-corrected chi connectivity index (χ1v) is 5.80. The van der Waals surface area contributed by atoms with Crippen LogP contribution >= 0.6 is 0 Å². The van der Waals surface area contributed by atoms with Crippen molar-refractivity contribution in [2.24, 2.45) is 17.7 Å². The van der Waals surface area contributed by atoms with Crippen LogP contribution in [0.1, 0.15) is 44.4 Å². The molecule has 3 N–H and O–H groups in total. The van der Waals surface area contributed by atoms with Crippen molar-refractivity contribution in [1.82, 2.24) is 5.43 Å². The number of nitrogens with one attached hydrogen (secondary N) is 1. The average Bonchev–Trinajstić information content (AvgIpc) is 2.72. The summed E-state index contributed by atoms with van der Waals surface area (Å²) in [5, 5.41) is 0. The first-order valence-electron chi connectivity index (χ1n) is 5.80. The topological polar surface area (TPSA) is 51.2 Å². The molecule has 84 valence electrons. The average molecular weight is 208 g/mol. The Kier molecular flexibility index (Phi) is 3.44. The van der Waals surface area contributed by atoms with E-state index in [2.05, 4.69) is 12.3 Å². The lowest BCUT2D eigenvalue weighted by Gasteiger charge is -2.31. The number of rotatable bonds is 3. The number of nitrogens with two attached hydrogens (primary N) is 1. The van der Waals surface area contributed by atoms with Crippen molar-refractivity contribution in [2.45, 2.75) is 38.6 Å². The van der Waals surface area contributed by atoms with E-state index in [9.17, 15) is 0 Å². The highest BCUT2D eigenvalue weighted by atomic mass is 16.3. The second kappa shape index (κ2) is 4.81. The van der Waals surface area contributed by atoms with E-state index >= 15 is 0 Å². The quantitative estimate of drug-likeness (QED) is 0.593. The van der Waals surface area contributed by atoms with Gasteiger partial charge in [-0.15, -0.1) is 0 Å². The summed E-state index contributed by atoms with van der Waals surface area (Å²) >= 11 is 0. The van der Waals surface area contributed by atoms with Crippen molar-refractivity contribution >= 4 is 0 Å². The Balaban J connectivity index is 2.06. The molecule has 0 saturated heterocycles. The Morgan fingerprint density at radius 1 is 1.53 bits per heavy atom. The Labute approximate surface area is 91.0 Å². The van der Waals surface area contributed by atoms with Gasteiger partial charge in [0.25, 0.3) is 0 Å². The summed E-state index contributed by atoms with van der Waals surface area (Å²) in [5.74, 6) is 8.03. The largest absolute Gasteiger partial charge is 0.468 e. The Morgan fingerprint density at radius 3 is 3.00 bits per heavy atom. The molecule has 0 aromatic carbocycles. The fourth-order valence-corrected chi connectivity index (χ4v) is 2.70. The molecule has 1 heterocycles. The molecular formula is C12H20N2O. The smallest absolute Gasteiger partial charge is 0.122 e. The van der Waals surface area contributed by atoms with Gasteiger partial charge in [0.2, 0.25) is 0 Å². The molecule has 0 radical (unpaired) electrons. The van der Waals surface area contributed by atoms with E-state index in [0.717, 1.165) is 11.7 Å². The third-order valence-electron chi connectivity index (χ3n) is 3.48. The van der Waals surface area contributed by atoms with E-state index < -0.39 is 0 Å². The Morgan fingerprint density at radius 2 is 2.40 bits per heavy atom. The maximum absolute atomic E-state index is 5.63. The zero-order valence-corrected chi connectivity index (χ0v) is 9.28. The van der Waals surface area contributed by atoms with Crippen molar-refractivity contribution in [3.05, 3.63) is 24.2 Å². The second-order valence-electron chi connectivity index (χ2n) is 4.69. The maximum atomic E-state index is 5.63. The molecule has 1 saturated carbocycles. The van der Waals surface area contributed by atoms with Crippen LogP contribution in [0.5, 0.6) is 0 Å². The van der Waals surface area contributed by atoms with Crippen molar-refractivity contribution < 1.29 is 4.42 Å². The fourth-order valence-electron chi connectivity index (χ4n) is 2.70. The molecule has 3 unspecified atom stereocenters. The van der Waals surface area contributed by atoms with E-state index in [1.54, 1.807) is 6.26 Å². The lowest BCUT2D eigenvalue weighted by atomic mass is 9.78. The molecule has 1 fully saturated rings. The molecule has 1 aromatic heterocycles. The Bertz CT molecular complexity index is 284. The van der Waals surface area contributed by atoms with E-state index in [1.807, 2.05) is 12.1 Å². The number of hydrazine groups is 1. The normalized spacial score (nSPS) is 28.9. The van der Waals surface area contributed by atoms with Crippen LogP contribution in [0.3, 0.4) is 0 Å². The third-order valence-corrected chi connectivity index (χ3v) is 3.48. The van der Waals surface area contributed by atoms with Crippen LogP contribution in [0.2, 0.25) is 0 Å². The predicted octanol–water partition coefficient (Wildman–Crippen LogP) is 2.61. The summed E-state index contributed by atoms with van der Waals surface area (Å²) in [4.78, 5) is 0. The van der Waals surface area contributed by atoms with Crippen molar-refractivity contribution in [1.29, 1.82) is 0 Å². The number of furan rings is 1. The summed E-state index contributed by atoms with van der Waals surface area (Å²) in [7, 11) is 0. The molecule has 0 bridgehead atoms. The van der Waals surface area contributed by atoms with Gasteiger partial charge in [-0.2, -0.15) is 0 Å². The Hall–Kier alpha value is -0.800. The molecule has 2 rings (SSSR count). The van der Waals surface area contributed by atoms with Gasteiger partial charge in [0.15, 0.2) is 0 Å². The molecule has 0 amide bonds. The summed E-state index contributed by atoms with van der Waals surface area (Å²) in [6, 6.07) is 4.11. The lowest BCUT2D eigenvalue weighted by molar-refractivity contribution is 0.206. The molecule has 15 heavy (non-hydrogen) atoms. The van der Waals surface area contributed by atoms with Crippen molar-refractivity contribution in [2.75, 3.05) is 0 Å². The van der Waals surface area contributed by atoms with Crippen LogP contribution in [0, 0.1) is 11.8 Å². The molecule has 3 heteroatoms. The lowest BCUT2D eigenvalue weighted by Crippen LogP contribution is -2.35. The molecule has 3 atom stereocenters. The van der Waals surface area contributed by atoms with E-state index in [-0.39, 0.29) is 6.04 Å². The minimum Gasteiger partial charge on any atom is -0.468 e. The highest BCUT2D eigenvalue weighted by molar-refractivity contribution is 5.06. The zero-order chi connectivity index (χ0) is 10.7. The van der Waals surface area contributed by atoms with Gasteiger partial charge >= 0.3 is 0 Å². The van der Waals surface area contributed by atoms with E-state index in [1.165, 1.54) is 25.7 Å². The van der Waals surface area contributed by atoms with Gasteiger partial charge in [-0.1, -0.05) is 19.8 Å². The summed E-state index contributed by atoms with van der Waals surface area (Å²) < 4.78 is 5.43. The monoisotopic (exact) mass is 208 g/mol. The summed E-state index contributed by atoms with van der Waals surface area (Å²) in [6.45, 7) is 2.32. The molecule has 1 aliphatic carbocycles. The highest BCUT2D eigenvalue weighted by Crippen LogP contribution is 2.36. The number of hydrogen-bond acceptors (Lipinski definition) is 3. The predicted molar refractivity (Wildman–Crippen MR) is 59.9 cm³/mol. The van der Waals surface area contributed by atoms with Crippen LogP contribution in [0.25, 0.3) is 0 Å². The molecule has 0 spiro atoms. The van der Waals surface area contributed by atoms with Crippen LogP contribution in [-0.2, 0) is 0 Å². The molecule has 1 aliphatic rings. The van der Waals surface area contributed by atoms with Gasteiger partial charge in [0.05, 0.1) is 12.3 Å². The van der Waals surface area contributed by atoms with Gasteiger partial charge in [-0.25, -0.2) is 5.43 Å². The van der Waals surface area contributed by atoms with Gasteiger partial charge in [-0.3, -0.25) is 5.84 Å². The van der Waals surface area contributed by atoms with Gasteiger partial charge in [-0.05, 0) is 36.8 Å². The molecule has 0 aliphatic heterocycles. The maximum Gasteiger partial charge on any atom is 0.122 e. The van der Waals surface area contributed by atoms with Crippen LogP contribution in [0.15, 0.2) is 22.8 Å². The van der Waals surface area contributed by atoms with E-state index in [4.69, 9.17) is 10.3 Å². The standard InChI is InChI=1S/C12H20N2O/c1-9-4-2-5-10(8-9)12(14-13)11-6-3-7-15-11/h3,6-7,9-10,12,14H,2,4-5,8,13H2,1H3. The zero-order valence-electron chi connectivity index (χ0n) is 9.28. The molecular weight excluding hydrogens is 188 g/mol. The van der Waals surface area contributed by atoms with Gasteiger partial charge < -0.3 is 4.42 Å². The summed E-state index contributed by atoms with van der Waals surface area (Å²) in [6.07, 6.45) is 6.87. The van der Waals surface area contributed by atoms with Crippen LogP contribution in [0.4, 0.5) is 0 Å². The van der Waals surface area contributed by atoms with Crippen LogP contribution in [-0.4, -0.2) is 0 Å². The van der Waals surface area contributed by atoms with Crippen molar-refractivity contribution in [3.8, 4) is 0 Å². The fraction of sp³-hybridized carbons (Fsp3) is 0.667. The van der Waals surface area contributed by atoms with E-state index in [0.29, 0.717) is 5.92 Å². The SMILES string of the molecule is CC1CCCC(C(NN)c2ccco2)C1. The molecule has 1 aromatic rings. The molecule has 3 nitrogen and oxygen atoms in total. The minimum atomic E-state index is 0.183. The number of hydrogen-bond donors (Lipinski definition) is 2. The van der Waals surface area contributed by atoms with Crippen LogP contribution < -0.4 is 11.3 Å². The van der Waals surface area contributed by atoms with Gasteiger partial charge in [0.1, 0.15) is 5.76 Å². The third kappa shape index (κ3) is 2.41.